The molecule has 1 heterocycles. The van der Waals surface area contributed by atoms with Gasteiger partial charge in [0.05, 0.1) is 5.01 Å². The first-order chi connectivity index (χ1) is 12.1. The van der Waals surface area contributed by atoms with E-state index in [1.54, 1.807) is 18.4 Å². The summed E-state index contributed by atoms with van der Waals surface area (Å²) in [7, 11) is 5.99. The van der Waals surface area contributed by atoms with E-state index in [9.17, 15) is 0 Å². The van der Waals surface area contributed by atoms with Crippen LogP contribution in [-0.2, 0) is 25.9 Å². The molecule has 0 atom stereocenters. The second-order valence-corrected chi connectivity index (χ2v) is 7.38. The Balaban J connectivity index is 1.82. The van der Waals surface area contributed by atoms with Crippen molar-refractivity contribution < 1.29 is 0 Å². The van der Waals surface area contributed by atoms with Gasteiger partial charge in [-0.15, -0.1) is 11.3 Å². The van der Waals surface area contributed by atoms with Crippen LogP contribution in [0.15, 0.2) is 35.5 Å². The largest absolute Gasteiger partial charge is 0.356 e. The molecule has 2 aromatic rings. The van der Waals surface area contributed by atoms with Crippen LogP contribution in [0.3, 0.4) is 0 Å². The summed E-state index contributed by atoms with van der Waals surface area (Å²) in [6.45, 7) is 4.69. The van der Waals surface area contributed by atoms with Crippen molar-refractivity contribution in [2.45, 2.75) is 32.9 Å². The van der Waals surface area contributed by atoms with Crippen LogP contribution in [0.2, 0.25) is 0 Å². The van der Waals surface area contributed by atoms with E-state index in [0.29, 0.717) is 0 Å². The number of aromatic nitrogens is 1. The van der Waals surface area contributed by atoms with Crippen LogP contribution in [0, 0.1) is 0 Å². The summed E-state index contributed by atoms with van der Waals surface area (Å²) in [5.41, 5.74) is 2.64. The third kappa shape index (κ3) is 6.48. The smallest absolute Gasteiger partial charge is 0.191 e. The Kier molecular flexibility index (Phi) is 7.88. The van der Waals surface area contributed by atoms with Gasteiger partial charge in [-0.1, -0.05) is 31.2 Å². The number of guanidine groups is 1. The van der Waals surface area contributed by atoms with Crippen LogP contribution in [0.5, 0.6) is 0 Å². The number of rotatable bonds is 8. The zero-order chi connectivity index (χ0) is 18.1. The maximum absolute atomic E-state index is 4.46. The molecule has 0 aliphatic rings. The van der Waals surface area contributed by atoms with Crippen molar-refractivity contribution >= 4 is 17.3 Å². The van der Waals surface area contributed by atoms with Gasteiger partial charge in [0, 0.05) is 44.2 Å². The average molecular weight is 360 g/mol. The van der Waals surface area contributed by atoms with E-state index < -0.39 is 0 Å². The minimum absolute atomic E-state index is 0.765. The van der Waals surface area contributed by atoms with Gasteiger partial charge < -0.3 is 15.5 Å². The molecule has 0 fully saturated rings. The van der Waals surface area contributed by atoms with Gasteiger partial charge in [-0.05, 0) is 31.6 Å². The highest BCUT2D eigenvalue weighted by molar-refractivity contribution is 7.11. The zero-order valence-corrected chi connectivity index (χ0v) is 16.5. The Labute approximate surface area is 155 Å². The summed E-state index contributed by atoms with van der Waals surface area (Å²) >= 11 is 1.79. The highest BCUT2D eigenvalue weighted by Gasteiger charge is 2.05. The summed E-state index contributed by atoms with van der Waals surface area (Å²) in [5.74, 6) is 0.826. The minimum Gasteiger partial charge on any atom is -0.356 e. The number of benzene rings is 1. The second-order valence-electron chi connectivity index (χ2n) is 6.18. The molecule has 0 unspecified atom stereocenters. The predicted octanol–water partition coefficient (Wildman–Crippen LogP) is 2.67. The van der Waals surface area contributed by atoms with Crippen molar-refractivity contribution in [2.24, 2.45) is 4.99 Å². The Bertz CT molecular complexity index is 678. The number of nitrogens with one attached hydrogen (secondary N) is 2. The molecule has 2 N–H and O–H groups in total. The van der Waals surface area contributed by atoms with Gasteiger partial charge in [0.25, 0.3) is 0 Å². The molecule has 0 aliphatic carbocycles. The highest BCUT2D eigenvalue weighted by atomic mass is 32.1. The van der Waals surface area contributed by atoms with E-state index in [-0.39, 0.29) is 0 Å². The lowest BCUT2D eigenvalue weighted by Gasteiger charge is -2.16. The molecule has 1 aromatic carbocycles. The van der Waals surface area contributed by atoms with Gasteiger partial charge in [-0.3, -0.25) is 4.99 Å². The van der Waals surface area contributed by atoms with Crippen LogP contribution in [0.4, 0.5) is 0 Å². The maximum Gasteiger partial charge on any atom is 0.191 e. The number of thiazole rings is 1. The molecule has 2 rings (SSSR count). The van der Waals surface area contributed by atoms with Crippen LogP contribution in [0.1, 0.15) is 27.9 Å². The van der Waals surface area contributed by atoms with Gasteiger partial charge >= 0.3 is 0 Å². The molecule has 25 heavy (non-hydrogen) atoms. The maximum atomic E-state index is 4.46. The van der Waals surface area contributed by atoms with E-state index in [1.165, 1.54) is 21.0 Å². The minimum atomic E-state index is 0.765. The van der Waals surface area contributed by atoms with Crippen molar-refractivity contribution in [3.8, 4) is 0 Å². The lowest BCUT2D eigenvalue weighted by atomic mass is 10.1. The molecule has 0 saturated carbocycles. The van der Waals surface area contributed by atoms with Crippen LogP contribution >= 0.6 is 11.3 Å². The fourth-order valence-corrected chi connectivity index (χ4v) is 3.40. The number of hydrogen-bond donors (Lipinski definition) is 2. The Morgan fingerprint density at radius 2 is 1.96 bits per heavy atom. The Morgan fingerprint density at radius 1 is 1.20 bits per heavy atom. The van der Waals surface area contributed by atoms with Gasteiger partial charge in [0.2, 0.25) is 0 Å². The Morgan fingerprint density at radius 3 is 2.60 bits per heavy atom. The standard InChI is InChI=1S/C19H29N5S/c1-5-17-13-22-18(25-17)10-11-21-19(20-2)23-12-15-8-6-7-9-16(15)14-24(3)4/h6-9,13H,5,10-12,14H2,1-4H3,(H2,20,21,23). The molecular weight excluding hydrogens is 330 g/mol. The van der Waals surface area contributed by atoms with E-state index in [0.717, 1.165) is 38.4 Å². The second kappa shape index (κ2) is 10.2. The monoisotopic (exact) mass is 359 g/mol. The van der Waals surface area contributed by atoms with E-state index >= 15 is 0 Å². The molecule has 6 heteroatoms. The van der Waals surface area contributed by atoms with Crippen LogP contribution < -0.4 is 10.6 Å². The lowest BCUT2D eigenvalue weighted by molar-refractivity contribution is 0.400. The lowest BCUT2D eigenvalue weighted by Crippen LogP contribution is -2.38. The molecule has 0 spiro atoms. The summed E-state index contributed by atoms with van der Waals surface area (Å²) < 4.78 is 0. The van der Waals surface area contributed by atoms with Gasteiger partial charge in [-0.25, -0.2) is 4.98 Å². The molecular formula is C19H29N5S. The molecule has 0 radical (unpaired) electrons. The van der Waals surface area contributed by atoms with Gasteiger partial charge in [-0.2, -0.15) is 0 Å². The molecule has 0 bridgehead atoms. The summed E-state index contributed by atoms with van der Waals surface area (Å²) in [6, 6.07) is 8.52. The zero-order valence-electron chi connectivity index (χ0n) is 15.7. The Hall–Kier alpha value is -1.92. The van der Waals surface area contributed by atoms with Crippen molar-refractivity contribution in [3.63, 3.8) is 0 Å². The first kappa shape index (κ1) is 19.4. The number of hydrogen-bond acceptors (Lipinski definition) is 4. The number of aliphatic imine (C=N–C) groups is 1. The summed E-state index contributed by atoms with van der Waals surface area (Å²) in [4.78, 5) is 12.3. The van der Waals surface area contributed by atoms with Crippen LogP contribution in [0.25, 0.3) is 0 Å². The van der Waals surface area contributed by atoms with Crippen molar-refractivity contribution in [1.29, 1.82) is 0 Å². The first-order valence-corrected chi connectivity index (χ1v) is 9.53. The SMILES string of the molecule is CCc1cnc(CCNC(=NC)NCc2ccccc2CN(C)C)s1. The van der Waals surface area contributed by atoms with E-state index in [2.05, 4.69) is 70.8 Å². The fraction of sp³-hybridized carbons (Fsp3) is 0.474. The molecule has 0 aliphatic heterocycles. The first-order valence-electron chi connectivity index (χ1n) is 8.72. The molecule has 136 valence electrons. The summed E-state index contributed by atoms with van der Waals surface area (Å²) in [6.07, 6.45) is 3.96. The van der Waals surface area contributed by atoms with Crippen molar-refractivity contribution in [3.05, 3.63) is 51.5 Å². The molecule has 0 saturated heterocycles. The highest BCUT2D eigenvalue weighted by Crippen LogP contribution is 2.13. The number of aryl methyl sites for hydroxylation is 1. The van der Waals surface area contributed by atoms with E-state index in [1.807, 2.05) is 6.20 Å². The third-order valence-corrected chi connectivity index (χ3v) is 5.06. The quantitative estimate of drug-likeness (QED) is 0.562. The van der Waals surface area contributed by atoms with E-state index in [4.69, 9.17) is 0 Å². The fourth-order valence-electron chi connectivity index (χ4n) is 2.54. The predicted molar refractivity (Wildman–Crippen MR) is 107 cm³/mol. The van der Waals surface area contributed by atoms with Gasteiger partial charge in [0.15, 0.2) is 5.96 Å². The third-order valence-electron chi connectivity index (χ3n) is 3.86. The van der Waals surface area contributed by atoms with Crippen molar-refractivity contribution in [2.75, 3.05) is 27.7 Å². The number of nitrogens with zero attached hydrogens (tertiary/aromatic N) is 3. The molecule has 5 nitrogen and oxygen atoms in total. The van der Waals surface area contributed by atoms with Gasteiger partial charge in [0.1, 0.15) is 0 Å². The molecule has 0 amide bonds. The topological polar surface area (TPSA) is 52.6 Å². The summed E-state index contributed by atoms with van der Waals surface area (Å²) in [5, 5.41) is 7.95. The van der Waals surface area contributed by atoms with Crippen LogP contribution in [-0.4, -0.2) is 43.5 Å². The average Bonchev–Trinajstić information content (AvgIpc) is 3.06. The van der Waals surface area contributed by atoms with Crippen molar-refractivity contribution in [1.82, 2.24) is 20.5 Å². The molecule has 1 aromatic heterocycles. The normalized spacial score (nSPS) is 11.8.